The molecule has 0 aliphatic rings. The first-order valence-corrected chi connectivity index (χ1v) is 5.84. The van der Waals surface area contributed by atoms with Crippen LogP contribution < -0.4 is 0 Å². The fourth-order valence-electron chi connectivity index (χ4n) is 0.794. The van der Waals surface area contributed by atoms with E-state index >= 15 is 0 Å². The van der Waals surface area contributed by atoms with Gasteiger partial charge in [-0.1, -0.05) is 0 Å². The maximum atomic E-state index is 9.47. The molecule has 0 aliphatic heterocycles. The Hall–Kier alpha value is -0.770. The summed E-state index contributed by atoms with van der Waals surface area (Å²) < 4.78 is 19.2. The molecule has 0 saturated carbocycles. The van der Waals surface area contributed by atoms with Crippen LogP contribution in [-0.2, 0) is 23.7 Å². The van der Waals surface area contributed by atoms with E-state index in [1.165, 1.54) is 7.11 Å². The van der Waals surface area contributed by atoms with Crippen LogP contribution in [0, 0.1) is 0 Å². The number of aliphatic hydroxyl groups excluding tert-OH is 2. The molecule has 0 heterocycles. The second-order valence-corrected chi connectivity index (χ2v) is 3.11. The van der Waals surface area contributed by atoms with Gasteiger partial charge in [0.2, 0.25) is 0 Å². The second kappa shape index (κ2) is 19.6. The van der Waals surface area contributed by atoms with Gasteiger partial charge < -0.3 is 34.3 Å². The van der Waals surface area contributed by atoms with Crippen molar-refractivity contribution in [3.63, 3.8) is 0 Å². The lowest BCUT2D eigenvalue weighted by Crippen LogP contribution is -2.11. The van der Waals surface area contributed by atoms with Crippen molar-refractivity contribution < 1.29 is 39.1 Å². The minimum atomic E-state index is -0.933. The monoisotopic (exact) mass is 284 g/mol. The van der Waals surface area contributed by atoms with Crippen LogP contribution in [0.1, 0.15) is 0 Å². The number of carboxylic acids is 1. The minimum absolute atomic E-state index is 0.0413. The van der Waals surface area contributed by atoms with Crippen molar-refractivity contribution in [3.8, 4) is 0 Å². The van der Waals surface area contributed by atoms with Gasteiger partial charge in [0.05, 0.1) is 52.9 Å². The maximum absolute atomic E-state index is 9.47. The van der Waals surface area contributed by atoms with E-state index in [9.17, 15) is 4.79 Å². The molecular weight excluding hydrogens is 260 g/mol. The van der Waals surface area contributed by atoms with Crippen LogP contribution in [0.4, 0.5) is 0 Å². The molecule has 19 heavy (non-hydrogen) atoms. The average molecular weight is 284 g/mol. The van der Waals surface area contributed by atoms with Crippen molar-refractivity contribution in [1.82, 2.24) is 0 Å². The van der Waals surface area contributed by atoms with Gasteiger partial charge >= 0.3 is 5.97 Å². The van der Waals surface area contributed by atoms with Crippen LogP contribution in [0.5, 0.6) is 0 Å². The molecule has 0 aromatic rings. The second-order valence-electron chi connectivity index (χ2n) is 3.11. The van der Waals surface area contributed by atoms with E-state index in [0.29, 0.717) is 39.6 Å². The molecule has 8 nitrogen and oxygen atoms in total. The number of hydrogen-bond acceptors (Lipinski definition) is 7. The number of hydrogen-bond donors (Lipinski definition) is 3. The quantitative estimate of drug-likeness (QED) is 0.380. The molecule has 0 aliphatic carbocycles. The third kappa shape index (κ3) is 26.7. The molecular formula is C11H24O8. The SMILES string of the molecule is COCC(=O)O.OCCOCCOCCOCCO. The van der Waals surface area contributed by atoms with E-state index in [-0.39, 0.29) is 19.8 Å². The third-order valence-electron chi connectivity index (χ3n) is 1.48. The molecule has 0 amide bonds. The highest BCUT2D eigenvalue weighted by Gasteiger charge is 1.90. The molecule has 0 bridgehead atoms. The van der Waals surface area contributed by atoms with E-state index in [2.05, 4.69) is 4.74 Å². The number of aliphatic hydroxyl groups is 2. The number of carbonyl (C=O) groups is 1. The minimum Gasteiger partial charge on any atom is -0.480 e. The first-order chi connectivity index (χ1) is 9.18. The molecule has 0 unspecified atom stereocenters. The summed E-state index contributed by atoms with van der Waals surface area (Å²) in [7, 11) is 1.34. The number of methoxy groups -OCH3 is 1. The molecule has 0 atom stereocenters. The fraction of sp³-hybridized carbons (Fsp3) is 0.909. The Labute approximate surface area is 112 Å². The van der Waals surface area contributed by atoms with Gasteiger partial charge in [-0.25, -0.2) is 4.79 Å². The molecule has 0 aromatic heterocycles. The Morgan fingerprint density at radius 3 is 1.42 bits per heavy atom. The Morgan fingerprint density at radius 2 is 1.21 bits per heavy atom. The predicted molar refractivity (Wildman–Crippen MR) is 66.1 cm³/mol. The molecule has 0 saturated heterocycles. The lowest BCUT2D eigenvalue weighted by Gasteiger charge is -2.04. The van der Waals surface area contributed by atoms with Gasteiger partial charge in [-0.2, -0.15) is 0 Å². The van der Waals surface area contributed by atoms with Crippen molar-refractivity contribution >= 4 is 5.97 Å². The highest BCUT2D eigenvalue weighted by Crippen LogP contribution is 1.80. The van der Waals surface area contributed by atoms with Crippen molar-refractivity contribution in [3.05, 3.63) is 0 Å². The Balaban J connectivity index is 0. The van der Waals surface area contributed by atoms with Crippen LogP contribution >= 0.6 is 0 Å². The van der Waals surface area contributed by atoms with Crippen LogP contribution in [0.15, 0.2) is 0 Å². The highest BCUT2D eigenvalue weighted by molar-refractivity contribution is 5.67. The summed E-state index contributed by atoms with van der Waals surface area (Å²) in [5.41, 5.74) is 0. The maximum Gasteiger partial charge on any atom is 0.329 e. The zero-order valence-electron chi connectivity index (χ0n) is 11.2. The molecule has 8 heteroatoms. The van der Waals surface area contributed by atoms with Crippen LogP contribution in [0.25, 0.3) is 0 Å². The molecule has 0 spiro atoms. The normalized spacial score (nSPS) is 9.84. The number of rotatable bonds is 12. The summed E-state index contributed by atoms with van der Waals surface area (Å²) in [5, 5.41) is 24.5. The lowest BCUT2D eigenvalue weighted by atomic mass is 10.7. The molecule has 3 N–H and O–H groups in total. The van der Waals surface area contributed by atoms with Gasteiger partial charge in [-0.15, -0.1) is 0 Å². The van der Waals surface area contributed by atoms with Gasteiger partial charge in [0, 0.05) is 7.11 Å². The van der Waals surface area contributed by atoms with Gasteiger partial charge in [0.25, 0.3) is 0 Å². The zero-order valence-corrected chi connectivity index (χ0v) is 11.2. The average Bonchev–Trinajstić information content (AvgIpc) is 2.37. The van der Waals surface area contributed by atoms with Gasteiger partial charge in [-0.3, -0.25) is 0 Å². The summed E-state index contributed by atoms with van der Waals surface area (Å²) in [4.78, 5) is 9.47. The zero-order chi connectivity index (χ0) is 14.8. The summed E-state index contributed by atoms with van der Waals surface area (Å²) in [6.07, 6.45) is 0. The van der Waals surface area contributed by atoms with Crippen molar-refractivity contribution in [2.24, 2.45) is 0 Å². The summed E-state index contributed by atoms with van der Waals surface area (Å²) in [5.74, 6) is -0.933. The number of aliphatic carboxylic acids is 1. The smallest absolute Gasteiger partial charge is 0.329 e. The molecule has 0 fully saturated rings. The van der Waals surface area contributed by atoms with Crippen LogP contribution in [-0.4, -0.2) is 87.9 Å². The summed E-state index contributed by atoms with van der Waals surface area (Å²) in [6.45, 7) is 2.56. The largest absolute Gasteiger partial charge is 0.480 e. The molecule has 0 rings (SSSR count). The van der Waals surface area contributed by atoms with Crippen molar-refractivity contribution in [2.75, 3.05) is 66.6 Å². The fourth-order valence-corrected chi connectivity index (χ4v) is 0.794. The Kier molecular flexibility index (Phi) is 21.2. The number of carboxylic acid groups (broad SMARTS) is 1. The van der Waals surface area contributed by atoms with E-state index in [4.69, 9.17) is 29.5 Å². The number of ether oxygens (including phenoxy) is 4. The molecule has 116 valence electrons. The topological polar surface area (TPSA) is 115 Å². The van der Waals surface area contributed by atoms with E-state index in [1.54, 1.807) is 0 Å². The predicted octanol–water partition coefficient (Wildman–Crippen LogP) is -1.26. The standard InChI is InChI=1S/C8H18O5.C3H6O3/c9-1-3-11-5-7-13-8-6-12-4-2-10;1-6-2-3(4)5/h9-10H,1-8H2;2H2,1H3,(H,4,5). The first-order valence-electron chi connectivity index (χ1n) is 5.84. The van der Waals surface area contributed by atoms with Gasteiger partial charge in [0.15, 0.2) is 0 Å². The van der Waals surface area contributed by atoms with E-state index in [1.807, 2.05) is 0 Å². The van der Waals surface area contributed by atoms with Crippen LogP contribution in [0.2, 0.25) is 0 Å². The molecule has 0 aromatic carbocycles. The first kappa shape index (κ1) is 20.5. The lowest BCUT2D eigenvalue weighted by molar-refractivity contribution is -0.141. The van der Waals surface area contributed by atoms with Crippen molar-refractivity contribution in [1.29, 1.82) is 0 Å². The summed E-state index contributed by atoms with van der Waals surface area (Å²) >= 11 is 0. The van der Waals surface area contributed by atoms with Gasteiger partial charge in [-0.05, 0) is 0 Å². The third-order valence-corrected chi connectivity index (χ3v) is 1.48. The van der Waals surface area contributed by atoms with Crippen molar-refractivity contribution in [2.45, 2.75) is 0 Å². The Morgan fingerprint density at radius 1 is 0.842 bits per heavy atom. The Bertz CT molecular complexity index is 166. The summed E-state index contributed by atoms with van der Waals surface area (Å²) in [6, 6.07) is 0. The van der Waals surface area contributed by atoms with Gasteiger partial charge in [0.1, 0.15) is 6.61 Å². The highest BCUT2D eigenvalue weighted by atomic mass is 16.5. The van der Waals surface area contributed by atoms with E-state index < -0.39 is 5.97 Å². The van der Waals surface area contributed by atoms with Crippen LogP contribution in [0.3, 0.4) is 0 Å². The molecule has 0 radical (unpaired) electrons. The van der Waals surface area contributed by atoms with E-state index in [0.717, 1.165) is 0 Å².